The van der Waals surface area contributed by atoms with E-state index in [1.807, 2.05) is 55.5 Å². The third-order valence-electron chi connectivity index (χ3n) is 7.47. The first-order valence-corrected chi connectivity index (χ1v) is 15.4. The Morgan fingerprint density at radius 3 is 2.59 bits per heavy atom. The Hall–Kier alpha value is -4.68. The van der Waals surface area contributed by atoms with Crippen molar-refractivity contribution >= 4 is 60.8 Å². The Morgan fingerprint density at radius 1 is 0.932 bits per heavy atom. The quantitative estimate of drug-likeness (QED) is 0.138. The second-order valence-electron chi connectivity index (χ2n) is 10.6. The molecule has 228 valence electrons. The fourth-order valence-corrected chi connectivity index (χ4v) is 6.18. The fourth-order valence-electron chi connectivity index (χ4n) is 5.28. The van der Waals surface area contributed by atoms with Crippen LogP contribution in [0, 0.1) is 6.92 Å². The van der Waals surface area contributed by atoms with E-state index in [1.165, 1.54) is 43.6 Å². The highest BCUT2D eigenvalue weighted by atomic mass is 32.1. The number of carbonyl (C=O) groups excluding carboxylic acids is 1. The van der Waals surface area contributed by atoms with Gasteiger partial charge in [0.2, 0.25) is 0 Å². The smallest absolute Gasteiger partial charge is 0.325 e. The number of ether oxygens (including phenoxy) is 3. The van der Waals surface area contributed by atoms with E-state index in [9.17, 15) is 4.79 Å². The first kappa shape index (κ1) is 29.4. The molecule has 6 rings (SSSR count). The fraction of sp³-hybridized carbons (Fsp3) is 0.312. The average molecular weight is 614 g/mol. The van der Waals surface area contributed by atoms with Crippen molar-refractivity contribution in [3.05, 3.63) is 60.4 Å². The summed E-state index contributed by atoms with van der Waals surface area (Å²) in [4.78, 5) is 28.7. The number of nitrogens with zero attached hydrogens (tertiary/aromatic N) is 4. The molecule has 0 aliphatic carbocycles. The van der Waals surface area contributed by atoms with Gasteiger partial charge in [0, 0.05) is 23.7 Å². The van der Waals surface area contributed by atoms with Crippen molar-refractivity contribution in [2.45, 2.75) is 26.2 Å². The zero-order valence-corrected chi connectivity index (χ0v) is 25.8. The predicted molar refractivity (Wildman–Crippen MR) is 175 cm³/mol. The van der Waals surface area contributed by atoms with Gasteiger partial charge in [-0.1, -0.05) is 17.4 Å². The number of hydrogen-bond donors (Lipinski definition) is 3. The minimum Gasteiger partial charge on any atom is -0.495 e. The number of fused-ring (bicyclic) bond motifs is 2. The van der Waals surface area contributed by atoms with Crippen LogP contribution in [0.15, 0.2) is 54.9 Å². The molecular formula is C32H35N7O4S. The van der Waals surface area contributed by atoms with Crippen LogP contribution in [0.4, 0.5) is 27.1 Å². The van der Waals surface area contributed by atoms with E-state index in [4.69, 9.17) is 14.2 Å². The highest BCUT2D eigenvalue weighted by molar-refractivity contribution is 7.22. The molecule has 0 radical (unpaired) electrons. The summed E-state index contributed by atoms with van der Waals surface area (Å²) in [6.07, 6.45) is 5.07. The van der Waals surface area contributed by atoms with E-state index in [1.54, 1.807) is 14.2 Å². The van der Waals surface area contributed by atoms with Crippen LogP contribution in [0.2, 0.25) is 0 Å². The number of urea groups is 1. The number of carbonyl (C=O) groups is 1. The van der Waals surface area contributed by atoms with Crippen LogP contribution in [0.25, 0.3) is 21.1 Å². The van der Waals surface area contributed by atoms with Crippen LogP contribution in [0.5, 0.6) is 17.2 Å². The molecule has 12 heteroatoms. The molecule has 1 aliphatic rings. The summed E-state index contributed by atoms with van der Waals surface area (Å²) in [6.45, 7) is 5.97. The molecule has 0 saturated carbocycles. The molecule has 1 aliphatic heterocycles. The molecule has 0 bridgehead atoms. The average Bonchev–Trinajstić information content (AvgIpc) is 3.68. The van der Waals surface area contributed by atoms with Gasteiger partial charge in [-0.25, -0.2) is 19.7 Å². The Morgan fingerprint density at radius 2 is 1.77 bits per heavy atom. The molecule has 5 aromatic rings. The van der Waals surface area contributed by atoms with E-state index < -0.39 is 6.03 Å². The van der Waals surface area contributed by atoms with E-state index in [0.29, 0.717) is 40.5 Å². The number of anilines is 4. The lowest BCUT2D eigenvalue weighted by molar-refractivity contribution is 0.254. The second kappa shape index (κ2) is 13.3. The minimum atomic E-state index is -0.400. The minimum absolute atomic E-state index is 0.400. The van der Waals surface area contributed by atoms with Crippen molar-refractivity contribution < 1.29 is 19.0 Å². The van der Waals surface area contributed by atoms with Crippen molar-refractivity contribution in [1.82, 2.24) is 19.9 Å². The summed E-state index contributed by atoms with van der Waals surface area (Å²) >= 11 is 1.38. The number of methoxy groups -OCH3 is 2. The highest BCUT2D eigenvalue weighted by Crippen LogP contribution is 2.36. The molecule has 1 saturated heterocycles. The predicted octanol–water partition coefficient (Wildman–Crippen LogP) is 6.82. The summed E-state index contributed by atoms with van der Waals surface area (Å²) in [5.74, 6) is 2.52. The molecule has 44 heavy (non-hydrogen) atoms. The van der Waals surface area contributed by atoms with Gasteiger partial charge in [-0.2, -0.15) is 0 Å². The molecule has 1 fully saturated rings. The van der Waals surface area contributed by atoms with Crippen molar-refractivity contribution in [1.29, 1.82) is 0 Å². The van der Waals surface area contributed by atoms with Crippen LogP contribution in [0.1, 0.15) is 24.8 Å². The lowest BCUT2D eigenvalue weighted by Crippen LogP contribution is -2.21. The molecule has 2 amide bonds. The van der Waals surface area contributed by atoms with Gasteiger partial charge in [-0.15, -0.1) is 0 Å². The largest absolute Gasteiger partial charge is 0.495 e. The maximum Gasteiger partial charge on any atom is 0.325 e. The maximum absolute atomic E-state index is 12.7. The van der Waals surface area contributed by atoms with Crippen LogP contribution in [-0.2, 0) is 0 Å². The monoisotopic (exact) mass is 613 g/mol. The summed E-state index contributed by atoms with van der Waals surface area (Å²) in [6, 6.07) is 14.8. The molecule has 11 nitrogen and oxygen atoms in total. The van der Waals surface area contributed by atoms with Crippen LogP contribution in [-0.4, -0.2) is 66.3 Å². The highest BCUT2D eigenvalue weighted by Gasteiger charge is 2.15. The van der Waals surface area contributed by atoms with Gasteiger partial charge in [0.1, 0.15) is 17.9 Å². The van der Waals surface area contributed by atoms with Crippen LogP contribution >= 0.6 is 11.3 Å². The second-order valence-corrected chi connectivity index (χ2v) is 11.6. The van der Waals surface area contributed by atoms with Gasteiger partial charge in [0.15, 0.2) is 16.6 Å². The number of nitrogens with one attached hydrogen (secondary N) is 3. The Labute approximate surface area is 259 Å². The molecule has 3 N–H and O–H groups in total. The number of likely N-dealkylation sites (tertiary alicyclic amines) is 1. The van der Waals surface area contributed by atoms with Crippen LogP contribution in [0.3, 0.4) is 0 Å². The topological polar surface area (TPSA) is 123 Å². The summed E-state index contributed by atoms with van der Waals surface area (Å²) in [7, 11) is 3.20. The van der Waals surface area contributed by atoms with Gasteiger partial charge in [-0.05, 0) is 81.2 Å². The Bertz CT molecular complexity index is 1790. The molecule has 3 aromatic carbocycles. The standard InChI is InChI=1S/C32H35N7O4S/c1-20-7-10-26(41-2)25(15-20)36-31(40)38-32-37-23-9-8-21(16-29(23)44-32)35-30-22-17-27(42-3)28(18-24(22)33-19-34-30)43-14-6-13-39-11-4-5-12-39/h7-10,15-19H,4-6,11-14H2,1-3H3,(H,33,34,35)(H2,36,37,38,40). The van der Waals surface area contributed by atoms with E-state index >= 15 is 0 Å². The van der Waals surface area contributed by atoms with Gasteiger partial charge in [0.05, 0.1) is 42.2 Å². The number of thiazole rings is 1. The summed E-state index contributed by atoms with van der Waals surface area (Å²) in [5, 5.41) is 10.4. The van der Waals surface area contributed by atoms with E-state index in [0.717, 1.165) is 45.3 Å². The summed E-state index contributed by atoms with van der Waals surface area (Å²) < 4.78 is 18.0. The zero-order valence-electron chi connectivity index (χ0n) is 25.0. The number of benzene rings is 3. The zero-order chi connectivity index (χ0) is 30.5. The van der Waals surface area contributed by atoms with Crippen molar-refractivity contribution in [3.8, 4) is 17.2 Å². The van der Waals surface area contributed by atoms with Gasteiger partial charge in [-0.3, -0.25) is 5.32 Å². The third kappa shape index (κ3) is 6.76. The first-order chi connectivity index (χ1) is 21.5. The van der Waals surface area contributed by atoms with Crippen molar-refractivity contribution in [3.63, 3.8) is 0 Å². The Kier molecular flexibility index (Phi) is 8.89. The lowest BCUT2D eigenvalue weighted by Gasteiger charge is -2.16. The van der Waals surface area contributed by atoms with E-state index in [2.05, 4.69) is 35.8 Å². The molecule has 0 spiro atoms. The Balaban J connectivity index is 1.14. The maximum atomic E-state index is 12.7. The van der Waals surface area contributed by atoms with Gasteiger partial charge >= 0.3 is 6.03 Å². The SMILES string of the molecule is COc1ccc(C)cc1NC(=O)Nc1nc2ccc(Nc3ncnc4cc(OCCCN5CCCC5)c(OC)cc34)cc2s1. The molecule has 2 aromatic heterocycles. The normalized spacial score (nSPS) is 13.2. The van der Waals surface area contributed by atoms with Crippen molar-refractivity contribution in [2.24, 2.45) is 0 Å². The number of aryl methyl sites for hydroxylation is 1. The molecule has 3 heterocycles. The summed E-state index contributed by atoms with van der Waals surface area (Å²) in [5.41, 5.74) is 3.93. The molecule has 0 atom stereocenters. The molecular weight excluding hydrogens is 578 g/mol. The van der Waals surface area contributed by atoms with Crippen molar-refractivity contribution in [2.75, 3.05) is 56.4 Å². The lowest BCUT2D eigenvalue weighted by atomic mass is 10.2. The number of hydrogen-bond acceptors (Lipinski definition) is 10. The molecule has 0 unspecified atom stereocenters. The number of rotatable bonds is 11. The number of aromatic nitrogens is 3. The van der Waals surface area contributed by atoms with E-state index in [-0.39, 0.29) is 0 Å². The van der Waals surface area contributed by atoms with Gasteiger partial charge < -0.3 is 29.7 Å². The third-order valence-corrected chi connectivity index (χ3v) is 8.40. The van der Waals surface area contributed by atoms with Gasteiger partial charge in [0.25, 0.3) is 0 Å². The number of amides is 2. The first-order valence-electron chi connectivity index (χ1n) is 14.6. The van der Waals surface area contributed by atoms with Crippen LogP contribution < -0.4 is 30.2 Å².